The molecule has 0 saturated carbocycles. The predicted molar refractivity (Wildman–Crippen MR) is 138 cm³/mol. The molecule has 0 bridgehead atoms. The number of anilines is 3. The number of aromatic nitrogens is 4. The van der Waals surface area contributed by atoms with Crippen molar-refractivity contribution in [3.05, 3.63) is 72.8 Å². The van der Waals surface area contributed by atoms with E-state index in [2.05, 4.69) is 67.8 Å². The number of hydrogen-bond acceptors (Lipinski definition) is 7. The second-order valence-electron chi connectivity index (χ2n) is 8.43. The van der Waals surface area contributed by atoms with Gasteiger partial charge < -0.3 is 15.4 Å². The Hall–Kier alpha value is -4.26. The van der Waals surface area contributed by atoms with Crippen molar-refractivity contribution in [2.24, 2.45) is 0 Å². The Bertz CT molecular complexity index is 1500. The highest BCUT2D eigenvalue weighted by molar-refractivity contribution is 6.04. The van der Waals surface area contributed by atoms with E-state index in [1.54, 1.807) is 12.4 Å². The third-order valence-electron chi connectivity index (χ3n) is 5.59. The maximum absolute atomic E-state index is 5.79. The molecule has 2 N–H and O–H groups in total. The van der Waals surface area contributed by atoms with Crippen LogP contribution in [0.25, 0.3) is 32.8 Å². The minimum absolute atomic E-state index is 0.0791. The van der Waals surface area contributed by atoms with Crippen LogP contribution in [0.15, 0.2) is 67.3 Å². The number of nitrogens with zero attached hydrogens (tertiary/aromatic N) is 4. The molecule has 5 aromatic rings. The van der Waals surface area contributed by atoms with Gasteiger partial charge in [0.2, 0.25) is 5.95 Å². The number of hydrogen-bond donors (Lipinski definition) is 2. The Labute approximate surface area is 198 Å². The van der Waals surface area contributed by atoms with Gasteiger partial charge in [-0.2, -0.15) is 0 Å². The minimum atomic E-state index is 0.0791. The van der Waals surface area contributed by atoms with Gasteiger partial charge in [-0.25, -0.2) is 15.0 Å². The quantitative estimate of drug-likeness (QED) is 0.322. The van der Waals surface area contributed by atoms with Crippen molar-refractivity contribution in [1.29, 1.82) is 0 Å². The van der Waals surface area contributed by atoms with Crippen molar-refractivity contribution in [1.82, 2.24) is 19.9 Å². The van der Waals surface area contributed by atoms with Crippen LogP contribution in [0.3, 0.4) is 0 Å². The second-order valence-corrected chi connectivity index (χ2v) is 8.43. The van der Waals surface area contributed by atoms with Crippen molar-refractivity contribution in [3.8, 4) is 16.9 Å². The first-order valence-electron chi connectivity index (χ1n) is 11.2. The Morgan fingerprint density at radius 2 is 1.79 bits per heavy atom. The second kappa shape index (κ2) is 8.94. The van der Waals surface area contributed by atoms with Gasteiger partial charge in [-0.05, 0) is 61.0 Å². The van der Waals surface area contributed by atoms with Gasteiger partial charge in [0, 0.05) is 36.3 Å². The Morgan fingerprint density at radius 3 is 2.62 bits per heavy atom. The summed E-state index contributed by atoms with van der Waals surface area (Å²) in [6.45, 7) is 6.12. The average molecular weight is 451 g/mol. The monoisotopic (exact) mass is 450 g/mol. The fourth-order valence-electron chi connectivity index (χ4n) is 4.12. The van der Waals surface area contributed by atoms with Gasteiger partial charge >= 0.3 is 0 Å². The van der Waals surface area contributed by atoms with Gasteiger partial charge in [0.15, 0.2) is 0 Å². The maximum atomic E-state index is 5.79. The molecule has 0 fully saturated rings. The van der Waals surface area contributed by atoms with Crippen LogP contribution in [-0.2, 0) is 0 Å². The first-order valence-corrected chi connectivity index (χ1v) is 11.2. The van der Waals surface area contributed by atoms with Crippen LogP contribution in [0.1, 0.15) is 19.4 Å². The molecule has 0 atom stereocenters. The summed E-state index contributed by atoms with van der Waals surface area (Å²) >= 11 is 0. The molecule has 0 aliphatic heterocycles. The lowest BCUT2D eigenvalue weighted by atomic mass is 9.94. The number of pyridine rings is 2. The molecule has 7 nitrogen and oxygen atoms in total. The van der Waals surface area contributed by atoms with E-state index in [0.717, 1.165) is 50.1 Å². The van der Waals surface area contributed by atoms with E-state index in [9.17, 15) is 0 Å². The number of ether oxygens (including phenoxy) is 1. The zero-order valence-electron chi connectivity index (χ0n) is 19.6. The topological polar surface area (TPSA) is 84.9 Å². The van der Waals surface area contributed by atoms with Gasteiger partial charge in [0.25, 0.3) is 0 Å². The molecular formula is C27H26N6O. The van der Waals surface area contributed by atoms with Crippen molar-refractivity contribution in [3.63, 3.8) is 0 Å². The molecule has 0 amide bonds. The standard InChI is InChI=1S/C27H26N6O/c1-16(2)34-21-12-20(14-29-15-21)32-26-23-7-5-17(3)25(22(23)9-10-30-26)18-6-8-24-19(11-18)13-31-27(28-4)33-24/h5-16H,1-4H3,(H,30,32)(H,28,31,33). The third kappa shape index (κ3) is 4.20. The van der Waals surface area contributed by atoms with Crippen LogP contribution in [0.4, 0.5) is 17.5 Å². The van der Waals surface area contributed by atoms with Crippen LogP contribution < -0.4 is 15.4 Å². The lowest BCUT2D eigenvalue weighted by Gasteiger charge is -2.15. The van der Waals surface area contributed by atoms with Crippen molar-refractivity contribution >= 4 is 39.1 Å². The number of benzene rings is 2. The highest BCUT2D eigenvalue weighted by Gasteiger charge is 2.13. The van der Waals surface area contributed by atoms with Gasteiger partial charge in [0.1, 0.15) is 11.6 Å². The summed E-state index contributed by atoms with van der Waals surface area (Å²) in [4.78, 5) is 17.8. The van der Waals surface area contributed by atoms with E-state index < -0.39 is 0 Å². The van der Waals surface area contributed by atoms with E-state index in [1.165, 1.54) is 5.56 Å². The molecule has 170 valence electrons. The summed E-state index contributed by atoms with van der Waals surface area (Å²) in [5.74, 6) is 2.10. The smallest absolute Gasteiger partial charge is 0.222 e. The molecule has 3 aromatic heterocycles. The lowest BCUT2D eigenvalue weighted by Crippen LogP contribution is -2.06. The van der Waals surface area contributed by atoms with E-state index in [0.29, 0.717) is 5.95 Å². The average Bonchev–Trinajstić information content (AvgIpc) is 2.83. The maximum Gasteiger partial charge on any atom is 0.222 e. The molecule has 0 radical (unpaired) electrons. The van der Waals surface area contributed by atoms with Gasteiger partial charge in [-0.1, -0.05) is 18.2 Å². The van der Waals surface area contributed by atoms with Gasteiger partial charge in [0.05, 0.1) is 29.7 Å². The molecule has 34 heavy (non-hydrogen) atoms. The Kier molecular flexibility index (Phi) is 5.67. The summed E-state index contributed by atoms with van der Waals surface area (Å²) in [6, 6.07) is 14.5. The minimum Gasteiger partial charge on any atom is -0.489 e. The summed E-state index contributed by atoms with van der Waals surface area (Å²) in [5.41, 5.74) is 5.19. The number of fused-ring (bicyclic) bond motifs is 2. The zero-order chi connectivity index (χ0) is 23.7. The SMILES string of the molecule is CNc1ncc2cc(-c3c(C)ccc4c(Nc5cncc(OC(C)C)c5)nccc34)ccc2n1. The summed E-state index contributed by atoms with van der Waals surface area (Å²) in [7, 11) is 1.82. The predicted octanol–water partition coefficient (Wildman–Crippen LogP) is 6.12. The molecule has 0 aliphatic carbocycles. The van der Waals surface area contributed by atoms with Crippen molar-refractivity contribution < 1.29 is 4.74 Å². The van der Waals surface area contributed by atoms with Crippen LogP contribution in [0.2, 0.25) is 0 Å². The van der Waals surface area contributed by atoms with Crippen LogP contribution >= 0.6 is 0 Å². The zero-order valence-corrected chi connectivity index (χ0v) is 19.6. The summed E-state index contributed by atoms with van der Waals surface area (Å²) in [6.07, 6.45) is 7.25. The highest BCUT2D eigenvalue weighted by atomic mass is 16.5. The third-order valence-corrected chi connectivity index (χ3v) is 5.59. The van der Waals surface area contributed by atoms with Crippen LogP contribution in [0, 0.1) is 6.92 Å². The fraction of sp³-hybridized carbons (Fsp3) is 0.185. The molecule has 5 rings (SSSR count). The lowest BCUT2D eigenvalue weighted by molar-refractivity contribution is 0.241. The fourth-order valence-corrected chi connectivity index (χ4v) is 4.12. The van der Waals surface area contributed by atoms with E-state index in [-0.39, 0.29) is 6.10 Å². The van der Waals surface area contributed by atoms with Crippen molar-refractivity contribution in [2.75, 3.05) is 17.7 Å². The van der Waals surface area contributed by atoms with Crippen LogP contribution in [-0.4, -0.2) is 33.1 Å². The van der Waals surface area contributed by atoms with E-state index >= 15 is 0 Å². The molecule has 0 saturated heterocycles. The summed E-state index contributed by atoms with van der Waals surface area (Å²) < 4.78 is 5.79. The van der Waals surface area contributed by atoms with E-state index in [1.807, 2.05) is 45.4 Å². The first kappa shape index (κ1) is 21.6. The number of rotatable bonds is 6. The molecule has 0 unspecified atom stereocenters. The largest absolute Gasteiger partial charge is 0.489 e. The van der Waals surface area contributed by atoms with Gasteiger partial charge in [-0.3, -0.25) is 4.98 Å². The molecular weight excluding hydrogens is 424 g/mol. The molecule has 3 heterocycles. The Morgan fingerprint density at radius 1 is 0.912 bits per heavy atom. The summed E-state index contributed by atoms with van der Waals surface area (Å²) in [5, 5.41) is 9.55. The van der Waals surface area contributed by atoms with Crippen LogP contribution in [0.5, 0.6) is 5.75 Å². The first-order chi connectivity index (χ1) is 16.5. The molecule has 7 heteroatoms. The highest BCUT2D eigenvalue weighted by Crippen LogP contribution is 2.36. The van der Waals surface area contributed by atoms with Crippen molar-refractivity contribution in [2.45, 2.75) is 26.9 Å². The normalized spacial score (nSPS) is 11.2. The molecule has 0 spiro atoms. The number of aryl methyl sites for hydroxylation is 1. The molecule has 2 aromatic carbocycles. The van der Waals surface area contributed by atoms with E-state index in [4.69, 9.17) is 4.74 Å². The number of nitrogens with one attached hydrogen (secondary N) is 2. The Balaban J connectivity index is 1.58. The van der Waals surface area contributed by atoms with Gasteiger partial charge in [-0.15, -0.1) is 0 Å². The molecule has 0 aliphatic rings.